The van der Waals surface area contributed by atoms with Crippen LogP contribution in [0.2, 0.25) is 0 Å². The van der Waals surface area contributed by atoms with Crippen molar-refractivity contribution in [3.8, 4) is 11.5 Å². The fraction of sp³-hybridized carbons (Fsp3) is 0.273. The van der Waals surface area contributed by atoms with E-state index in [0.29, 0.717) is 25.4 Å². The molecule has 2 aliphatic heterocycles. The fourth-order valence-electron chi connectivity index (χ4n) is 3.38. The Hall–Kier alpha value is -3.48. The highest BCUT2D eigenvalue weighted by atomic mass is 16.5. The fourth-order valence-corrected chi connectivity index (χ4v) is 3.38. The van der Waals surface area contributed by atoms with E-state index in [9.17, 15) is 9.59 Å². The largest absolute Gasteiger partial charge is 0.495 e. The molecule has 0 spiro atoms. The van der Waals surface area contributed by atoms with Gasteiger partial charge in [-0.05, 0) is 41.8 Å². The minimum atomic E-state index is -0.477. The number of ether oxygens (including phenoxy) is 2. The Morgan fingerprint density at radius 1 is 1.21 bits per heavy atom. The summed E-state index contributed by atoms with van der Waals surface area (Å²) in [6, 6.07) is 9.68. The van der Waals surface area contributed by atoms with Crippen molar-refractivity contribution in [3.63, 3.8) is 0 Å². The van der Waals surface area contributed by atoms with E-state index in [4.69, 9.17) is 9.47 Å². The Labute approximate surface area is 168 Å². The zero-order valence-corrected chi connectivity index (χ0v) is 16.1. The van der Waals surface area contributed by atoms with E-state index in [1.807, 2.05) is 24.3 Å². The maximum atomic E-state index is 12.7. The van der Waals surface area contributed by atoms with Crippen LogP contribution in [-0.2, 0) is 29.2 Å². The van der Waals surface area contributed by atoms with Crippen molar-refractivity contribution in [2.45, 2.75) is 19.6 Å². The summed E-state index contributed by atoms with van der Waals surface area (Å²) in [5, 5.41) is 0. The van der Waals surface area contributed by atoms with Crippen LogP contribution in [0.3, 0.4) is 0 Å². The molecule has 0 aliphatic carbocycles. The molecule has 1 aromatic carbocycles. The van der Waals surface area contributed by atoms with Crippen molar-refractivity contribution in [1.29, 1.82) is 0 Å². The number of benzene rings is 1. The first-order valence-electron chi connectivity index (χ1n) is 9.41. The quantitative estimate of drug-likeness (QED) is 0.782. The van der Waals surface area contributed by atoms with Crippen LogP contribution in [0.4, 0.5) is 0 Å². The van der Waals surface area contributed by atoms with E-state index in [0.717, 1.165) is 23.4 Å². The third-order valence-corrected chi connectivity index (χ3v) is 5.02. The normalized spacial score (nSPS) is 17.8. The summed E-state index contributed by atoms with van der Waals surface area (Å²) in [5.41, 5.74) is 3.09. The summed E-state index contributed by atoms with van der Waals surface area (Å²) < 4.78 is 11.0. The molecular weight excluding hydrogens is 370 g/mol. The lowest BCUT2D eigenvalue weighted by atomic mass is 9.97. The second-order valence-electron chi connectivity index (χ2n) is 6.92. The lowest BCUT2D eigenvalue weighted by molar-refractivity contribution is -0.133. The molecule has 0 saturated carbocycles. The Balaban J connectivity index is 1.41. The first kappa shape index (κ1) is 18.9. The molecule has 3 heterocycles. The van der Waals surface area contributed by atoms with Gasteiger partial charge in [0, 0.05) is 25.4 Å². The van der Waals surface area contributed by atoms with Crippen molar-refractivity contribution in [2.24, 2.45) is 10.9 Å². The molecule has 0 bridgehead atoms. The minimum Gasteiger partial charge on any atom is -0.495 e. The lowest BCUT2D eigenvalue weighted by Crippen LogP contribution is -2.40. The summed E-state index contributed by atoms with van der Waals surface area (Å²) in [6.07, 6.45) is 6.81. The van der Waals surface area contributed by atoms with Crippen LogP contribution in [0, 0.1) is 5.92 Å². The molecule has 0 fully saturated rings. The second kappa shape index (κ2) is 8.26. The molecule has 148 valence electrons. The summed E-state index contributed by atoms with van der Waals surface area (Å²) >= 11 is 0. The smallest absolute Gasteiger partial charge is 0.269 e. The van der Waals surface area contributed by atoms with Crippen LogP contribution < -0.4 is 9.47 Å². The molecule has 4 rings (SSSR count). The monoisotopic (exact) mass is 391 g/mol. The number of carbonyl (C=O) groups is 2. The number of carbonyl (C=O) groups excluding carboxylic acids is 2. The van der Waals surface area contributed by atoms with Gasteiger partial charge < -0.3 is 14.4 Å². The predicted molar refractivity (Wildman–Crippen MR) is 107 cm³/mol. The van der Waals surface area contributed by atoms with Gasteiger partial charge in [0.05, 0.1) is 24.9 Å². The lowest BCUT2D eigenvalue weighted by Gasteiger charge is -2.31. The van der Waals surface area contributed by atoms with Crippen molar-refractivity contribution < 1.29 is 19.1 Å². The van der Waals surface area contributed by atoms with Crippen LogP contribution in [0.25, 0.3) is 0 Å². The second-order valence-corrected chi connectivity index (χ2v) is 6.92. The van der Waals surface area contributed by atoms with E-state index in [2.05, 4.69) is 16.0 Å². The Bertz CT molecular complexity index is 966. The average molecular weight is 391 g/mol. The highest BCUT2D eigenvalue weighted by molar-refractivity contribution is 6.05. The predicted octanol–water partition coefficient (Wildman–Crippen LogP) is 2.34. The van der Waals surface area contributed by atoms with E-state index < -0.39 is 5.92 Å². The summed E-state index contributed by atoms with van der Waals surface area (Å²) in [4.78, 5) is 33.7. The third-order valence-electron chi connectivity index (χ3n) is 5.02. The molecule has 1 unspecified atom stereocenters. The first-order valence-corrected chi connectivity index (χ1v) is 9.41. The average Bonchev–Trinajstić information content (AvgIpc) is 2.77. The van der Waals surface area contributed by atoms with Gasteiger partial charge in [0.15, 0.2) is 0 Å². The van der Waals surface area contributed by atoms with E-state index in [-0.39, 0.29) is 11.8 Å². The molecule has 2 amide bonds. The molecular formula is C22H21N3O4. The number of pyridine rings is 1. The van der Waals surface area contributed by atoms with Crippen molar-refractivity contribution in [3.05, 3.63) is 65.5 Å². The maximum Gasteiger partial charge on any atom is 0.269 e. The van der Waals surface area contributed by atoms with Crippen molar-refractivity contribution in [2.75, 3.05) is 13.7 Å². The highest BCUT2D eigenvalue weighted by Gasteiger charge is 2.26. The van der Waals surface area contributed by atoms with Crippen molar-refractivity contribution in [1.82, 2.24) is 9.88 Å². The summed E-state index contributed by atoms with van der Waals surface area (Å²) in [5.74, 6) is 0.591. The van der Waals surface area contributed by atoms with Gasteiger partial charge in [-0.15, -0.1) is 0 Å². The molecule has 0 saturated heterocycles. The molecule has 0 N–H and O–H groups in total. The number of nitrogens with zero attached hydrogens (tertiary/aromatic N) is 3. The Morgan fingerprint density at radius 3 is 2.79 bits per heavy atom. The SMILES string of the molecule is COc1ccc(COc2ccc3c(c2)CN(C(=O)C2C=CC(=O)N=C2)CC3)nc1. The number of methoxy groups -OCH3 is 1. The number of aliphatic imine (C=N–C) groups is 1. The number of rotatable bonds is 5. The number of fused-ring (bicyclic) bond motifs is 1. The van der Waals surface area contributed by atoms with Gasteiger partial charge >= 0.3 is 0 Å². The van der Waals surface area contributed by atoms with Gasteiger partial charge in [-0.3, -0.25) is 14.6 Å². The van der Waals surface area contributed by atoms with Crippen LogP contribution in [0.1, 0.15) is 16.8 Å². The first-order chi connectivity index (χ1) is 14.1. The van der Waals surface area contributed by atoms with Gasteiger partial charge in [0.25, 0.3) is 5.91 Å². The van der Waals surface area contributed by atoms with E-state index >= 15 is 0 Å². The van der Waals surface area contributed by atoms with Crippen molar-refractivity contribution >= 4 is 18.0 Å². The number of aromatic nitrogens is 1. The molecule has 1 atom stereocenters. The van der Waals surface area contributed by atoms with Gasteiger partial charge in [-0.1, -0.05) is 12.1 Å². The molecule has 29 heavy (non-hydrogen) atoms. The zero-order valence-electron chi connectivity index (χ0n) is 16.1. The minimum absolute atomic E-state index is 0.0445. The highest BCUT2D eigenvalue weighted by Crippen LogP contribution is 2.25. The zero-order chi connectivity index (χ0) is 20.2. The van der Waals surface area contributed by atoms with Crippen LogP contribution in [0.5, 0.6) is 11.5 Å². The Morgan fingerprint density at radius 2 is 2.07 bits per heavy atom. The summed E-state index contributed by atoms with van der Waals surface area (Å²) in [7, 11) is 1.60. The topological polar surface area (TPSA) is 81.1 Å². The number of dihydropyridines is 1. The molecule has 7 nitrogen and oxygen atoms in total. The molecule has 1 aromatic heterocycles. The third kappa shape index (κ3) is 4.34. The van der Waals surface area contributed by atoms with Gasteiger partial charge in [-0.25, -0.2) is 4.99 Å². The summed E-state index contributed by atoms with van der Waals surface area (Å²) in [6.45, 7) is 1.51. The molecule has 2 aromatic rings. The standard InChI is InChI=1S/C22H21N3O4/c1-28-20-6-4-18(23-12-20)14-29-19-5-2-15-8-9-25(13-17(15)10-19)22(27)16-3-7-21(26)24-11-16/h2-7,10-12,16H,8-9,13-14H2,1H3. The van der Waals surface area contributed by atoms with Gasteiger partial charge in [0.1, 0.15) is 18.1 Å². The maximum absolute atomic E-state index is 12.7. The van der Waals surface area contributed by atoms with Crippen LogP contribution in [-0.4, -0.2) is 41.6 Å². The number of hydrogen-bond acceptors (Lipinski definition) is 5. The molecule has 2 aliphatic rings. The Kier molecular flexibility index (Phi) is 5.37. The molecule has 0 radical (unpaired) electrons. The van der Waals surface area contributed by atoms with Gasteiger partial charge in [-0.2, -0.15) is 0 Å². The van der Waals surface area contributed by atoms with E-state index in [1.165, 1.54) is 17.9 Å². The molecule has 7 heteroatoms. The van der Waals surface area contributed by atoms with Gasteiger partial charge in [0.2, 0.25) is 5.91 Å². The number of hydrogen-bond donors (Lipinski definition) is 0. The van der Waals surface area contributed by atoms with Crippen LogP contribution >= 0.6 is 0 Å². The number of amides is 2. The van der Waals surface area contributed by atoms with E-state index in [1.54, 1.807) is 24.3 Å². The van der Waals surface area contributed by atoms with Crippen LogP contribution in [0.15, 0.2) is 53.7 Å².